The molecular weight excluding hydrogens is 564 g/mol. The van der Waals surface area contributed by atoms with Gasteiger partial charge < -0.3 is 4.74 Å². The van der Waals surface area contributed by atoms with E-state index in [0.29, 0.717) is 5.57 Å². The first-order chi connectivity index (χ1) is 8.27. The molecule has 0 N–H and O–H groups in total. The number of carbonyl (C=O) groups is 1. The Hall–Kier alpha value is 0.830. The average Bonchev–Trinajstić information content (AvgIpc) is 2.33. The van der Waals surface area contributed by atoms with Gasteiger partial charge in [0.25, 0.3) is 0 Å². The summed E-state index contributed by atoms with van der Waals surface area (Å²) in [6, 6.07) is 0. The molecule has 0 atom stereocenters. The third-order valence-corrected chi connectivity index (χ3v) is 8.25. The summed E-state index contributed by atoms with van der Waals surface area (Å²) < 4.78 is 9.35. The van der Waals surface area contributed by atoms with E-state index in [1.54, 1.807) is 6.92 Å². The molecule has 0 bridgehead atoms. The summed E-state index contributed by atoms with van der Waals surface area (Å²) in [5, 5.41) is 0. The van der Waals surface area contributed by atoms with Crippen LogP contribution in [0.15, 0.2) is 34.5 Å². The molecule has 0 aromatic heterocycles. The van der Waals surface area contributed by atoms with Crippen molar-refractivity contribution < 1.29 is 9.53 Å². The highest BCUT2D eigenvalue weighted by Gasteiger charge is 2.18. The highest BCUT2D eigenvalue weighted by Crippen LogP contribution is 2.44. The molecule has 0 radical (unpaired) electrons. The fourth-order valence-corrected chi connectivity index (χ4v) is 4.40. The Morgan fingerprint density at radius 2 is 1.39 bits per heavy atom. The molecule has 0 aliphatic rings. The Balaban J connectivity index is 3.11. The van der Waals surface area contributed by atoms with Gasteiger partial charge in [-0.3, -0.25) is 0 Å². The Labute approximate surface area is 147 Å². The van der Waals surface area contributed by atoms with Gasteiger partial charge in [0.15, 0.2) is 0 Å². The molecule has 0 aliphatic heterocycles. The van der Waals surface area contributed by atoms with Crippen molar-refractivity contribution in [2.24, 2.45) is 0 Å². The van der Waals surface area contributed by atoms with E-state index in [1.807, 2.05) is 0 Å². The Kier molecular flexibility index (Phi) is 6.58. The van der Waals surface area contributed by atoms with Gasteiger partial charge in [-0.25, -0.2) is 4.79 Å². The number of hydrogen-bond acceptors (Lipinski definition) is 2. The van der Waals surface area contributed by atoms with Crippen molar-refractivity contribution in [1.82, 2.24) is 0 Å². The first-order valence-electron chi connectivity index (χ1n) is 4.60. The fourth-order valence-electron chi connectivity index (χ4n) is 1.04. The van der Waals surface area contributed by atoms with E-state index >= 15 is 0 Å². The SMILES string of the molecule is C=C(C)C(=O)OCc1c(Br)c(Br)c(Br)c(Br)c1Br. The van der Waals surface area contributed by atoms with Crippen LogP contribution in [0.25, 0.3) is 0 Å². The third-order valence-electron chi connectivity index (χ3n) is 2.00. The van der Waals surface area contributed by atoms with Crippen molar-refractivity contribution in [3.63, 3.8) is 0 Å². The van der Waals surface area contributed by atoms with Gasteiger partial charge in [-0.2, -0.15) is 0 Å². The van der Waals surface area contributed by atoms with Crippen LogP contribution in [-0.2, 0) is 16.1 Å². The summed E-state index contributed by atoms with van der Waals surface area (Å²) in [5.74, 6) is -0.413. The van der Waals surface area contributed by atoms with Crippen LogP contribution in [0.4, 0.5) is 0 Å². The van der Waals surface area contributed by atoms with E-state index in [0.717, 1.165) is 27.9 Å². The molecule has 2 nitrogen and oxygen atoms in total. The molecule has 1 rings (SSSR count). The minimum Gasteiger partial charge on any atom is -0.457 e. The van der Waals surface area contributed by atoms with Gasteiger partial charge in [-0.15, -0.1) is 0 Å². The van der Waals surface area contributed by atoms with Gasteiger partial charge in [0.05, 0.1) is 0 Å². The van der Waals surface area contributed by atoms with Gasteiger partial charge in [-0.05, 0) is 86.6 Å². The largest absolute Gasteiger partial charge is 0.457 e. The van der Waals surface area contributed by atoms with Crippen LogP contribution < -0.4 is 0 Å². The lowest BCUT2D eigenvalue weighted by molar-refractivity contribution is -0.140. The molecule has 0 aliphatic carbocycles. The zero-order valence-corrected chi connectivity index (χ0v) is 17.1. The van der Waals surface area contributed by atoms with E-state index in [2.05, 4.69) is 86.2 Å². The normalized spacial score (nSPS) is 10.3. The lowest BCUT2D eigenvalue weighted by atomic mass is 10.2. The summed E-state index contributed by atoms with van der Waals surface area (Å²) in [6.45, 7) is 5.30. The van der Waals surface area contributed by atoms with E-state index in [4.69, 9.17) is 4.74 Å². The number of rotatable bonds is 3. The molecular formula is C11H7Br5O2. The van der Waals surface area contributed by atoms with Gasteiger partial charge >= 0.3 is 5.97 Å². The number of ether oxygens (including phenoxy) is 1. The van der Waals surface area contributed by atoms with E-state index in [-0.39, 0.29) is 6.61 Å². The summed E-state index contributed by atoms with van der Waals surface area (Å²) in [7, 11) is 0. The first-order valence-corrected chi connectivity index (χ1v) is 8.56. The highest BCUT2D eigenvalue weighted by atomic mass is 79.9. The van der Waals surface area contributed by atoms with Crippen LogP contribution in [0.1, 0.15) is 12.5 Å². The predicted octanol–water partition coefficient (Wildman–Crippen LogP) is 6.12. The maximum Gasteiger partial charge on any atom is 0.333 e. The van der Waals surface area contributed by atoms with Crippen molar-refractivity contribution in [3.8, 4) is 0 Å². The van der Waals surface area contributed by atoms with Gasteiger partial charge in [0.2, 0.25) is 0 Å². The van der Waals surface area contributed by atoms with Crippen molar-refractivity contribution in [3.05, 3.63) is 40.1 Å². The average molecular weight is 571 g/mol. The summed E-state index contributed by atoms with van der Waals surface area (Å²) in [6.07, 6.45) is 0. The molecule has 1 aromatic carbocycles. The lowest BCUT2D eigenvalue weighted by Crippen LogP contribution is -2.06. The Bertz CT molecular complexity index is 496. The summed E-state index contributed by atoms with van der Waals surface area (Å²) in [4.78, 5) is 11.4. The number of esters is 1. The van der Waals surface area contributed by atoms with Crippen LogP contribution in [0.5, 0.6) is 0 Å². The van der Waals surface area contributed by atoms with Crippen LogP contribution >= 0.6 is 79.6 Å². The number of carbonyl (C=O) groups excluding carboxylic acids is 1. The summed E-state index contributed by atoms with van der Waals surface area (Å²) in [5.41, 5.74) is 1.20. The quantitative estimate of drug-likeness (QED) is 0.190. The Morgan fingerprint density at radius 3 is 1.78 bits per heavy atom. The topological polar surface area (TPSA) is 26.3 Å². The molecule has 98 valence electrons. The standard InChI is InChI=1S/C11H7Br5O2/c1-4(2)11(17)18-3-5-6(12)8(14)10(16)9(15)7(5)13/h1,3H2,2H3. The molecule has 0 unspecified atom stereocenters. The van der Waals surface area contributed by atoms with Crippen molar-refractivity contribution in [2.45, 2.75) is 13.5 Å². The number of benzene rings is 1. The maximum absolute atomic E-state index is 11.4. The van der Waals surface area contributed by atoms with Gasteiger partial charge in [-0.1, -0.05) is 6.58 Å². The molecule has 7 heteroatoms. The number of hydrogen-bond donors (Lipinski definition) is 0. The predicted molar refractivity (Wildman–Crippen MR) is 89.6 cm³/mol. The smallest absolute Gasteiger partial charge is 0.333 e. The second-order valence-electron chi connectivity index (χ2n) is 3.40. The molecule has 0 amide bonds. The molecule has 18 heavy (non-hydrogen) atoms. The third kappa shape index (κ3) is 3.69. The lowest BCUT2D eigenvalue weighted by Gasteiger charge is -2.13. The van der Waals surface area contributed by atoms with E-state index in [9.17, 15) is 4.79 Å². The van der Waals surface area contributed by atoms with Crippen LogP contribution in [0.2, 0.25) is 0 Å². The maximum atomic E-state index is 11.4. The molecule has 0 heterocycles. The van der Waals surface area contributed by atoms with Crippen LogP contribution in [0.3, 0.4) is 0 Å². The van der Waals surface area contributed by atoms with E-state index in [1.165, 1.54) is 0 Å². The highest BCUT2D eigenvalue weighted by molar-refractivity contribution is 9.15. The second-order valence-corrected chi connectivity index (χ2v) is 7.37. The zero-order chi connectivity index (χ0) is 14.0. The molecule has 0 fully saturated rings. The van der Waals surface area contributed by atoms with Crippen molar-refractivity contribution in [1.29, 1.82) is 0 Å². The van der Waals surface area contributed by atoms with Crippen molar-refractivity contribution >= 4 is 85.6 Å². The number of halogens is 5. The van der Waals surface area contributed by atoms with Gasteiger partial charge in [0.1, 0.15) is 6.61 Å². The fraction of sp³-hybridized carbons (Fsp3) is 0.182. The Morgan fingerprint density at radius 1 is 1.00 bits per heavy atom. The summed E-state index contributed by atoms with van der Waals surface area (Å²) >= 11 is 17.3. The molecule has 0 saturated heterocycles. The first kappa shape index (κ1) is 16.9. The minimum atomic E-state index is -0.413. The molecule has 0 saturated carbocycles. The van der Waals surface area contributed by atoms with Crippen molar-refractivity contribution in [2.75, 3.05) is 0 Å². The second kappa shape index (κ2) is 7.02. The molecule has 1 aromatic rings. The minimum absolute atomic E-state index is 0.150. The molecule has 0 spiro atoms. The monoisotopic (exact) mass is 566 g/mol. The van der Waals surface area contributed by atoms with E-state index < -0.39 is 5.97 Å². The zero-order valence-electron chi connectivity index (χ0n) is 9.12. The van der Waals surface area contributed by atoms with Gasteiger partial charge in [0, 0.05) is 33.5 Å². The van der Waals surface area contributed by atoms with Crippen LogP contribution in [-0.4, -0.2) is 5.97 Å². The van der Waals surface area contributed by atoms with Crippen LogP contribution in [0, 0.1) is 0 Å².